The first kappa shape index (κ1) is 16.4. The number of hydrogen-bond acceptors (Lipinski definition) is 4. The Bertz CT molecular complexity index is 718. The second-order valence-electron chi connectivity index (χ2n) is 6.12. The Morgan fingerprint density at radius 3 is 2.50 bits per heavy atom. The van der Waals surface area contributed by atoms with E-state index in [4.69, 9.17) is 4.74 Å². The Kier molecular flexibility index (Phi) is 4.74. The Hall–Kier alpha value is -2.50. The van der Waals surface area contributed by atoms with Crippen LogP contribution in [0.25, 0.3) is 0 Å². The summed E-state index contributed by atoms with van der Waals surface area (Å²) in [6.07, 6.45) is 0. The van der Waals surface area contributed by atoms with Crippen molar-refractivity contribution < 1.29 is 9.53 Å². The Morgan fingerprint density at radius 2 is 1.88 bits per heavy atom. The highest BCUT2D eigenvalue weighted by Crippen LogP contribution is 2.28. The molecule has 0 bridgehead atoms. The minimum absolute atomic E-state index is 0.126. The van der Waals surface area contributed by atoms with Gasteiger partial charge in [0.2, 0.25) is 5.91 Å². The topological polar surface area (TPSA) is 50.6 Å². The Morgan fingerprint density at radius 1 is 1.17 bits per heavy atom. The van der Waals surface area contributed by atoms with E-state index in [2.05, 4.69) is 16.1 Å². The number of methoxy groups -OCH3 is 1. The monoisotopic (exact) mass is 328 g/mol. The fourth-order valence-corrected chi connectivity index (χ4v) is 3.15. The molecule has 1 aromatic carbocycles. The van der Waals surface area contributed by atoms with E-state index in [9.17, 15) is 4.79 Å². The van der Waals surface area contributed by atoms with Gasteiger partial charge >= 0.3 is 0 Å². The van der Waals surface area contributed by atoms with Crippen LogP contribution in [-0.2, 0) is 11.3 Å². The zero-order valence-corrected chi connectivity index (χ0v) is 14.5. The minimum atomic E-state index is 0.126. The van der Waals surface area contributed by atoms with Crippen LogP contribution >= 0.6 is 0 Å². The lowest BCUT2D eigenvalue weighted by Crippen LogP contribution is -2.49. The minimum Gasteiger partial charge on any atom is -0.495 e. The lowest BCUT2D eigenvalue weighted by atomic mass is 10.2. The number of nitrogens with zero attached hydrogens (tertiary/aromatic N) is 4. The number of carbonyl (C=O) groups excluding carboxylic acids is 1. The lowest BCUT2D eigenvalue weighted by molar-refractivity contribution is -0.132. The zero-order chi connectivity index (χ0) is 17.1. The van der Waals surface area contributed by atoms with Crippen molar-refractivity contribution in [2.24, 2.45) is 0 Å². The summed E-state index contributed by atoms with van der Waals surface area (Å²) in [6, 6.07) is 10.0. The lowest BCUT2D eigenvalue weighted by Gasteiger charge is -2.36. The highest BCUT2D eigenvalue weighted by molar-refractivity contribution is 5.76. The number of piperazine rings is 1. The van der Waals surface area contributed by atoms with E-state index in [0.717, 1.165) is 49.0 Å². The normalized spacial score (nSPS) is 14.8. The van der Waals surface area contributed by atoms with Crippen LogP contribution in [0.15, 0.2) is 30.3 Å². The van der Waals surface area contributed by atoms with Crippen LogP contribution in [0.3, 0.4) is 0 Å². The molecule has 24 heavy (non-hydrogen) atoms. The van der Waals surface area contributed by atoms with Crippen molar-refractivity contribution in [2.75, 3.05) is 38.2 Å². The molecule has 0 radical (unpaired) electrons. The number of benzene rings is 1. The van der Waals surface area contributed by atoms with E-state index in [1.165, 1.54) is 0 Å². The maximum atomic E-state index is 12.5. The highest BCUT2D eigenvalue weighted by atomic mass is 16.5. The van der Waals surface area contributed by atoms with E-state index in [-0.39, 0.29) is 5.91 Å². The molecule has 128 valence electrons. The van der Waals surface area contributed by atoms with Crippen LogP contribution in [0.1, 0.15) is 11.4 Å². The molecule has 0 spiro atoms. The summed E-state index contributed by atoms with van der Waals surface area (Å²) in [7, 11) is 1.69. The van der Waals surface area contributed by atoms with Crippen molar-refractivity contribution in [3.63, 3.8) is 0 Å². The maximum absolute atomic E-state index is 12.5. The summed E-state index contributed by atoms with van der Waals surface area (Å²) >= 11 is 0. The first-order valence-electron chi connectivity index (χ1n) is 8.25. The molecule has 1 aromatic heterocycles. The van der Waals surface area contributed by atoms with E-state index < -0.39 is 0 Å². The molecule has 1 aliphatic rings. The molecule has 0 atom stereocenters. The highest BCUT2D eigenvalue weighted by Gasteiger charge is 2.23. The number of ether oxygens (including phenoxy) is 1. The summed E-state index contributed by atoms with van der Waals surface area (Å²) < 4.78 is 7.22. The van der Waals surface area contributed by atoms with Gasteiger partial charge in [0.1, 0.15) is 12.3 Å². The first-order chi connectivity index (χ1) is 11.6. The van der Waals surface area contributed by atoms with E-state index in [1.807, 2.05) is 43.0 Å². The van der Waals surface area contributed by atoms with Crippen LogP contribution in [0.2, 0.25) is 0 Å². The van der Waals surface area contributed by atoms with Gasteiger partial charge < -0.3 is 14.5 Å². The van der Waals surface area contributed by atoms with Crippen LogP contribution in [0.4, 0.5) is 5.69 Å². The molecule has 6 nitrogen and oxygen atoms in total. The summed E-state index contributed by atoms with van der Waals surface area (Å²) in [5.74, 6) is 1.00. The molecule has 1 aliphatic heterocycles. The number of carbonyl (C=O) groups is 1. The van der Waals surface area contributed by atoms with Crippen molar-refractivity contribution in [1.82, 2.24) is 14.7 Å². The molecule has 0 N–H and O–H groups in total. The van der Waals surface area contributed by atoms with Crippen LogP contribution in [-0.4, -0.2) is 53.9 Å². The smallest absolute Gasteiger partial charge is 0.244 e. The summed E-state index contributed by atoms with van der Waals surface area (Å²) in [6.45, 7) is 7.29. The second-order valence-corrected chi connectivity index (χ2v) is 6.12. The van der Waals surface area contributed by atoms with Gasteiger partial charge in [-0.25, -0.2) is 0 Å². The van der Waals surface area contributed by atoms with E-state index in [1.54, 1.807) is 11.8 Å². The van der Waals surface area contributed by atoms with Gasteiger partial charge in [-0.1, -0.05) is 12.1 Å². The van der Waals surface area contributed by atoms with Gasteiger partial charge in [-0.05, 0) is 32.0 Å². The third-order valence-electron chi connectivity index (χ3n) is 4.45. The fourth-order valence-electron chi connectivity index (χ4n) is 3.15. The van der Waals surface area contributed by atoms with E-state index >= 15 is 0 Å². The third-order valence-corrected chi connectivity index (χ3v) is 4.45. The average Bonchev–Trinajstić information content (AvgIpc) is 2.92. The van der Waals surface area contributed by atoms with Gasteiger partial charge in [0, 0.05) is 31.9 Å². The molecular weight excluding hydrogens is 304 g/mol. The van der Waals surface area contributed by atoms with Gasteiger partial charge in [-0.3, -0.25) is 9.48 Å². The van der Waals surface area contributed by atoms with Crippen molar-refractivity contribution >= 4 is 11.6 Å². The summed E-state index contributed by atoms with van der Waals surface area (Å²) in [5, 5.41) is 4.37. The molecular formula is C18H24N4O2. The largest absolute Gasteiger partial charge is 0.495 e. The van der Waals surface area contributed by atoms with E-state index in [0.29, 0.717) is 6.54 Å². The SMILES string of the molecule is COc1ccccc1N1CCN(C(=O)Cn2nc(C)cc2C)CC1. The van der Waals surface area contributed by atoms with Gasteiger partial charge in [0.05, 0.1) is 18.5 Å². The average molecular weight is 328 g/mol. The van der Waals surface area contributed by atoms with Crippen LogP contribution in [0, 0.1) is 13.8 Å². The molecule has 1 fully saturated rings. The molecule has 3 rings (SSSR count). The molecule has 2 aromatic rings. The number of rotatable bonds is 4. The van der Waals surface area contributed by atoms with Crippen molar-refractivity contribution in [3.8, 4) is 5.75 Å². The van der Waals surface area contributed by atoms with Gasteiger partial charge in [-0.15, -0.1) is 0 Å². The predicted octanol–water partition coefficient (Wildman–Crippen LogP) is 1.86. The number of amides is 1. The van der Waals surface area contributed by atoms with Crippen molar-refractivity contribution in [1.29, 1.82) is 0 Å². The van der Waals surface area contributed by atoms with Crippen LogP contribution < -0.4 is 9.64 Å². The predicted molar refractivity (Wildman–Crippen MR) is 93.5 cm³/mol. The Labute approximate surface area is 142 Å². The third kappa shape index (κ3) is 3.37. The molecule has 0 saturated carbocycles. The van der Waals surface area contributed by atoms with Gasteiger partial charge in [0.25, 0.3) is 0 Å². The number of aromatic nitrogens is 2. The second kappa shape index (κ2) is 6.95. The number of hydrogen-bond donors (Lipinski definition) is 0. The zero-order valence-electron chi connectivity index (χ0n) is 14.5. The molecule has 6 heteroatoms. The maximum Gasteiger partial charge on any atom is 0.244 e. The molecule has 1 saturated heterocycles. The fraction of sp³-hybridized carbons (Fsp3) is 0.444. The molecule has 0 unspecified atom stereocenters. The summed E-state index contributed by atoms with van der Waals surface area (Å²) in [4.78, 5) is 16.7. The first-order valence-corrected chi connectivity index (χ1v) is 8.25. The van der Waals surface area contributed by atoms with Gasteiger partial charge in [-0.2, -0.15) is 5.10 Å². The number of aryl methyl sites for hydroxylation is 2. The van der Waals surface area contributed by atoms with Crippen molar-refractivity contribution in [2.45, 2.75) is 20.4 Å². The number of para-hydroxylation sites is 2. The number of anilines is 1. The summed E-state index contributed by atoms with van der Waals surface area (Å²) in [5.41, 5.74) is 3.06. The molecule has 0 aliphatic carbocycles. The molecule has 2 heterocycles. The van der Waals surface area contributed by atoms with Crippen molar-refractivity contribution in [3.05, 3.63) is 41.7 Å². The van der Waals surface area contributed by atoms with Gasteiger partial charge in [0.15, 0.2) is 0 Å². The standard InChI is InChI=1S/C18H24N4O2/c1-14-12-15(2)22(19-14)13-18(23)21-10-8-20(9-11-21)16-6-4-5-7-17(16)24-3/h4-7,12H,8-11,13H2,1-3H3. The Balaban J connectivity index is 1.60. The molecule has 1 amide bonds. The quantitative estimate of drug-likeness (QED) is 0.860. The van der Waals surface area contributed by atoms with Crippen LogP contribution in [0.5, 0.6) is 5.75 Å².